The van der Waals surface area contributed by atoms with E-state index in [2.05, 4.69) is 10.6 Å². The Kier molecular flexibility index (Phi) is 6.56. The third-order valence-electron chi connectivity index (χ3n) is 7.77. The summed E-state index contributed by atoms with van der Waals surface area (Å²) in [5.74, 6) is -2.25. The van der Waals surface area contributed by atoms with Crippen LogP contribution in [0.4, 0.5) is 0 Å². The van der Waals surface area contributed by atoms with Gasteiger partial charge in [-0.1, -0.05) is 49.2 Å². The number of benzene rings is 2. The van der Waals surface area contributed by atoms with Crippen molar-refractivity contribution in [2.24, 2.45) is 17.8 Å². The van der Waals surface area contributed by atoms with Crippen LogP contribution in [-0.4, -0.2) is 47.0 Å². The van der Waals surface area contributed by atoms with Gasteiger partial charge in [0, 0.05) is 17.4 Å². The van der Waals surface area contributed by atoms with Crippen molar-refractivity contribution in [3.63, 3.8) is 0 Å². The molecule has 1 aliphatic heterocycles. The fraction of sp³-hybridized carbons (Fsp3) is 0.481. The molecule has 8 nitrogen and oxygen atoms in total. The number of hydrogen-bond acceptors (Lipinski definition) is 6. The second kappa shape index (κ2) is 9.77. The second-order valence-corrected chi connectivity index (χ2v) is 9.91. The van der Waals surface area contributed by atoms with Gasteiger partial charge in [-0.15, -0.1) is 0 Å². The van der Waals surface area contributed by atoms with E-state index in [1.54, 1.807) is 6.07 Å². The number of nitrogens with one attached hydrogen (secondary N) is 2. The molecule has 3 fully saturated rings. The molecule has 0 aromatic heterocycles. The Morgan fingerprint density at radius 2 is 1.69 bits per heavy atom. The minimum Gasteiger partial charge on any atom is -0.434 e. The van der Waals surface area contributed by atoms with E-state index in [9.17, 15) is 24.3 Å². The molecule has 0 bridgehead atoms. The number of cyclic esters (lactones) is 1. The number of aliphatic hydroxyl groups is 1. The summed E-state index contributed by atoms with van der Waals surface area (Å²) in [4.78, 5) is 51.6. The molecule has 2 amide bonds. The van der Waals surface area contributed by atoms with Crippen LogP contribution in [0.3, 0.4) is 0 Å². The summed E-state index contributed by atoms with van der Waals surface area (Å²) in [5.41, 5.74) is 0.523. The van der Waals surface area contributed by atoms with Crippen molar-refractivity contribution in [1.29, 1.82) is 0 Å². The van der Waals surface area contributed by atoms with Crippen LogP contribution < -0.4 is 10.6 Å². The number of fused-ring (bicyclic) bond motifs is 2. The lowest BCUT2D eigenvalue weighted by atomic mass is 9.77. The zero-order valence-electron chi connectivity index (χ0n) is 19.4. The van der Waals surface area contributed by atoms with E-state index >= 15 is 0 Å². The topological polar surface area (TPSA) is 122 Å². The summed E-state index contributed by atoms with van der Waals surface area (Å²) in [6.07, 6.45) is 3.05. The number of amides is 2. The first kappa shape index (κ1) is 23.5. The number of carbonyl (C=O) groups is 4. The molecule has 2 saturated carbocycles. The van der Waals surface area contributed by atoms with Crippen molar-refractivity contribution in [2.75, 3.05) is 0 Å². The molecule has 0 spiro atoms. The van der Waals surface area contributed by atoms with Gasteiger partial charge >= 0.3 is 5.97 Å². The third-order valence-corrected chi connectivity index (χ3v) is 7.77. The quantitative estimate of drug-likeness (QED) is 0.581. The number of Topliss-reactive ketones (excluding diaryl/α,β-unsaturated/α-hetero) is 1. The molecule has 5 unspecified atom stereocenters. The zero-order valence-corrected chi connectivity index (χ0v) is 19.4. The zero-order chi connectivity index (χ0) is 24.5. The lowest BCUT2D eigenvalue weighted by Gasteiger charge is -2.31. The van der Waals surface area contributed by atoms with Crippen LogP contribution in [0, 0.1) is 17.8 Å². The first-order chi connectivity index (χ1) is 16.9. The number of ketones is 1. The average Bonchev–Trinajstić information content (AvgIpc) is 3.40. The molecule has 1 saturated heterocycles. The van der Waals surface area contributed by atoms with Gasteiger partial charge in [-0.2, -0.15) is 0 Å². The maximum absolute atomic E-state index is 13.8. The first-order valence-corrected chi connectivity index (χ1v) is 12.4. The highest BCUT2D eigenvalue weighted by Crippen LogP contribution is 2.43. The lowest BCUT2D eigenvalue weighted by molar-refractivity contribution is -0.155. The molecule has 6 atom stereocenters. The molecule has 5 rings (SSSR count). The second-order valence-electron chi connectivity index (χ2n) is 9.91. The lowest BCUT2D eigenvalue weighted by Crippen LogP contribution is -2.50. The molecule has 2 aliphatic carbocycles. The van der Waals surface area contributed by atoms with Crippen LogP contribution in [0.1, 0.15) is 55.3 Å². The fourth-order valence-corrected chi connectivity index (χ4v) is 6.02. The van der Waals surface area contributed by atoms with Crippen molar-refractivity contribution >= 4 is 34.3 Å². The van der Waals surface area contributed by atoms with E-state index in [4.69, 9.17) is 4.74 Å². The van der Waals surface area contributed by atoms with Crippen molar-refractivity contribution in [3.8, 4) is 0 Å². The predicted molar refractivity (Wildman–Crippen MR) is 127 cm³/mol. The number of ether oxygens (including phenoxy) is 1. The Bertz CT molecular complexity index is 1160. The van der Waals surface area contributed by atoms with Gasteiger partial charge in [0.25, 0.3) is 5.91 Å². The van der Waals surface area contributed by atoms with Crippen molar-refractivity contribution in [1.82, 2.24) is 10.6 Å². The Morgan fingerprint density at radius 1 is 0.914 bits per heavy atom. The molecular formula is C27H30N2O6. The Labute approximate surface area is 203 Å². The minimum atomic E-state index is -1.37. The maximum Gasteiger partial charge on any atom is 0.310 e. The first-order valence-electron chi connectivity index (χ1n) is 12.4. The van der Waals surface area contributed by atoms with Gasteiger partial charge in [-0.25, -0.2) is 0 Å². The van der Waals surface area contributed by atoms with Crippen LogP contribution in [0.5, 0.6) is 0 Å². The summed E-state index contributed by atoms with van der Waals surface area (Å²) < 4.78 is 4.72. The van der Waals surface area contributed by atoms with Crippen molar-refractivity contribution < 1.29 is 29.0 Å². The van der Waals surface area contributed by atoms with Crippen molar-refractivity contribution in [2.45, 2.75) is 63.3 Å². The minimum absolute atomic E-state index is 0.0851. The van der Waals surface area contributed by atoms with E-state index in [-0.39, 0.29) is 29.9 Å². The summed E-state index contributed by atoms with van der Waals surface area (Å²) >= 11 is 0. The van der Waals surface area contributed by atoms with Gasteiger partial charge in [0.15, 0.2) is 5.78 Å². The molecular weight excluding hydrogens is 448 g/mol. The Balaban J connectivity index is 1.34. The van der Waals surface area contributed by atoms with Crippen LogP contribution in [0.25, 0.3) is 10.8 Å². The van der Waals surface area contributed by atoms with Gasteiger partial charge in [0.05, 0.1) is 12.5 Å². The number of aliphatic hydroxyl groups excluding tert-OH is 1. The molecule has 3 aliphatic rings. The van der Waals surface area contributed by atoms with Crippen LogP contribution in [0.15, 0.2) is 42.5 Å². The van der Waals surface area contributed by atoms with Crippen LogP contribution in [-0.2, 0) is 19.1 Å². The Morgan fingerprint density at radius 3 is 2.49 bits per heavy atom. The average molecular weight is 479 g/mol. The standard InChI is InChI=1S/C27H30N2O6/c30-22-14-21(27(34)35-22)29-26(33)19-13-12-16-7-2-4-11-20(24(31)23(16)19)28-25(32)18-10-5-8-15-6-1-3-9-17(15)18/h1,3,5-6,8-10,16,19-21,23,27,34H,2,4,7,11-14H2,(H,28,32)(H,29,33)/t16?,19?,20?,21-,23?,27?/m0/s1. The molecule has 2 aromatic carbocycles. The Hall–Kier alpha value is -3.26. The highest BCUT2D eigenvalue weighted by atomic mass is 16.6. The SMILES string of the molecule is O=C1C[C@H](NC(=O)C2CCC3CCCCC(NC(=O)c4cccc5ccccc45)C(=O)C32)C(O)O1. The fourth-order valence-electron chi connectivity index (χ4n) is 6.02. The smallest absolute Gasteiger partial charge is 0.310 e. The van der Waals surface area contributed by atoms with E-state index in [1.165, 1.54) is 0 Å². The normalized spacial score (nSPS) is 30.8. The van der Waals surface area contributed by atoms with Gasteiger partial charge in [-0.3, -0.25) is 19.2 Å². The predicted octanol–water partition coefficient (Wildman–Crippen LogP) is 2.47. The number of carbonyl (C=O) groups excluding carboxylic acids is 4. The van der Waals surface area contributed by atoms with E-state index in [0.29, 0.717) is 18.4 Å². The maximum atomic E-state index is 13.8. The summed E-state index contributed by atoms with van der Waals surface area (Å²) in [7, 11) is 0. The monoisotopic (exact) mass is 478 g/mol. The van der Waals surface area contributed by atoms with E-state index < -0.39 is 36.2 Å². The summed E-state index contributed by atoms with van der Waals surface area (Å²) in [5, 5.41) is 17.3. The number of esters is 1. The van der Waals surface area contributed by atoms with Gasteiger partial charge < -0.3 is 20.5 Å². The largest absolute Gasteiger partial charge is 0.434 e. The summed E-state index contributed by atoms with van der Waals surface area (Å²) in [6.45, 7) is 0. The molecule has 35 heavy (non-hydrogen) atoms. The molecule has 3 N–H and O–H groups in total. The molecule has 8 heteroatoms. The highest BCUT2D eigenvalue weighted by Gasteiger charge is 2.48. The van der Waals surface area contributed by atoms with Gasteiger partial charge in [0.1, 0.15) is 6.04 Å². The number of hydrogen-bond donors (Lipinski definition) is 3. The van der Waals surface area contributed by atoms with Crippen LogP contribution in [0.2, 0.25) is 0 Å². The van der Waals surface area contributed by atoms with Gasteiger partial charge in [0.2, 0.25) is 12.2 Å². The van der Waals surface area contributed by atoms with Gasteiger partial charge in [-0.05, 0) is 48.4 Å². The van der Waals surface area contributed by atoms with Crippen LogP contribution >= 0.6 is 0 Å². The van der Waals surface area contributed by atoms with E-state index in [0.717, 1.165) is 36.5 Å². The highest BCUT2D eigenvalue weighted by molar-refractivity contribution is 6.08. The molecule has 0 radical (unpaired) electrons. The van der Waals surface area contributed by atoms with Crippen molar-refractivity contribution in [3.05, 3.63) is 48.0 Å². The molecule has 1 heterocycles. The number of rotatable bonds is 4. The molecule has 2 aromatic rings. The summed E-state index contributed by atoms with van der Waals surface area (Å²) in [6, 6.07) is 11.7. The molecule has 184 valence electrons. The van der Waals surface area contributed by atoms with E-state index in [1.807, 2.05) is 36.4 Å². The third kappa shape index (κ3) is 4.67.